The number of carbonyl (C=O) groups excluding carboxylic acids is 2. The van der Waals surface area contributed by atoms with Crippen molar-refractivity contribution in [2.45, 2.75) is 39.5 Å². The maximum Gasteiger partial charge on any atom is 0.368 e. The summed E-state index contributed by atoms with van der Waals surface area (Å²) in [6, 6.07) is 0. The van der Waals surface area contributed by atoms with E-state index in [2.05, 4.69) is 5.16 Å². The van der Waals surface area contributed by atoms with Gasteiger partial charge >= 0.3 is 11.9 Å². The highest BCUT2D eigenvalue weighted by Gasteiger charge is 2.24. The van der Waals surface area contributed by atoms with Gasteiger partial charge in [-0.1, -0.05) is 31.8 Å². The van der Waals surface area contributed by atoms with Crippen LogP contribution < -0.4 is 0 Å². The van der Waals surface area contributed by atoms with E-state index in [-0.39, 0.29) is 13.2 Å². The van der Waals surface area contributed by atoms with Crippen LogP contribution in [-0.2, 0) is 19.1 Å². The molecule has 0 aromatic rings. The lowest BCUT2D eigenvalue weighted by atomic mass is 10.3. The Labute approximate surface area is 101 Å². The first kappa shape index (κ1) is 15.4. The summed E-state index contributed by atoms with van der Waals surface area (Å²) in [4.78, 5) is 22.6. The molecule has 0 fully saturated rings. The van der Waals surface area contributed by atoms with E-state index in [4.69, 9.17) is 14.7 Å². The molecule has 6 nitrogen and oxygen atoms in total. The van der Waals surface area contributed by atoms with Gasteiger partial charge in [0.05, 0.1) is 13.2 Å². The summed E-state index contributed by atoms with van der Waals surface area (Å²) in [5, 5.41) is 11.2. The molecule has 0 aliphatic rings. The van der Waals surface area contributed by atoms with Crippen LogP contribution >= 0.6 is 0 Å². The molecule has 0 saturated heterocycles. The van der Waals surface area contributed by atoms with Crippen molar-refractivity contribution >= 4 is 17.7 Å². The monoisotopic (exact) mass is 245 g/mol. The van der Waals surface area contributed by atoms with Gasteiger partial charge in [-0.05, 0) is 12.8 Å². The molecule has 1 N–H and O–H groups in total. The molecular formula is C11H19NO5. The summed E-state index contributed by atoms with van der Waals surface area (Å²) in [5.41, 5.74) is -0.711. The number of hydrogen-bond donors (Lipinski definition) is 1. The van der Waals surface area contributed by atoms with Crippen molar-refractivity contribution in [1.29, 1.82) is 0 Å². The largest absolute Gasteiger partial charge is 0.461 e. The van der Waals surface area contributed by atoms with Gasteiger partial charge in [0.25, 0.3) is 5.71 Å². The van der Waals surface area contributed by atoms with Crippen LogP contribution in [0.25, 0.3) is 0 Å². The summed E-state index contributed by atoms with van der Waals surface area (Å²) in [5.74, 6) is -1.91. The minimum atomic E-state index is -0.956. The fourth-order valence-electron chi connectivity index (χ4n) is 0.920. The molecule has 0 atom stereocenters. The first-order chi connectivity index (χ1) is 8.17. The smallest absolute Gasteiger partial charge is 0.368 e. The zero-order chi connectivity index (χ0) is 13.1. The van der Waals surface area contributed by atoms with Gasteiger partial charge in [0.1, 0.15) is 0 Å². The molecule has 0 saturated carbocycles. The normalized spacial score (nSPS) is 9.53. The molecule has 0 unspecified atom stereocenters. The lowest BCUT2D eigenvalue weighted by molar-refractivity contribution is -0.141. The van der Waals surface area contributed by atoms with Crippen molar-refractivity contribution in [3.63, 3.8) is 0 Å². The highest BCUT2D eigenvalue weighted by Crippen LogP contribution is 1.95. The van der Waals surface area contributed by atoms with Crippen molar-refractivity contribution in [2.75, 3.05) is 13.2 Å². The minimum absolute atomic E-state index is 0.191. The predicted octanol–water partition coefficient (Wildman–Crippen LogP) is 1.50. The summed E-state index contributed by atoms with van der Waals surface area (Å²) in [7, 11) is 0. The average Bonchev–Trinajstić information content (AvgIpc) is 2.30. The van der Waals surface area contributed by atoms with Gasteiger partial charge in [-0.3, -0.25) is 0 Å². The standard InChI is InChI=1S/C11H19NO5/c1-3-5-7-16-10(13)9(12-15)11(14)17-8-6-4-2/h15H,3-8H2,1-2H3. The van der Waals surface area contributed by atoms with E-state index in [1.165, 1.54) is 0 Å². The topological polar surface area (TPSA) is 85.2 Å². The Morgan fingerprint density at radius 2 is 1.41 bits per heavy atom. The SMILES string of the molecule is CCCCOC(=O)C(=NO)C(=O)OCCCC. The molecule has 0 aromatic carbocycles. The number of unbranched alkanes of at least 4 members (excludes halogenated alkanes) is 2. The molecule has 6 heteroatoms. The summed E-state index contributed by atoms with van der Waals surface area (Å²) in [6.45, 7) is 4.26. The highest BCUT2D eigenvalue weighted by atomic mass is 16.6. The molecule has 0 bridgehead atoms. The molecule has 0 amide bonds. The van der Waals surface area contributed by atoms with Crippen molar-refractivity contribution < 1.29 is 24.3 Å². The predicted molar refractivity (Wildman–Crippen MR) is 61.0 cm³/mol. The van der Waals surface area contributed by atoms with Crippen LogP contribution in [0.5, 0.6) is 0 Å². The molecule has 0 radical (unpaired) electrons. The van der Waals surface area contributed by atoms with Crippen LogP contribution in [0, 0.1) is 0 Å². The van der Waals surface area contributed by atoms with E-state index >= 15 is 0 Å². The second kappa shape index (κ2) is 9.62. The Morgan fingerprint density at radius 1 is 1.00 bits per heavy atom. The number of hydrogen-bond acceptors (Lipinski definition) is 6. The minimum Gasteiger partial charge on any atom is -0.461 e. The molecular weight excluding hydrogens is 226 g/mol. The van der Waals surface area contributed by atoms with Gasteiger partial charge in [-0.25, -0.2) is 9.59 Å². The van der Waals surface area contributed by atoms with E-state index in [0.717, 1.165) is 12.8 Å². The average molecular weight is 245 g/mol. The van der Waals surface area contributed by atoms with Crippen molar-refractivity contribution in [1.82, 2.24) is 0 Å². The van der Waals surface area contributed by atoms with E-state index in [1.807, 2.05) is 13.8 Å². The number of nitrogens with zero attached hydrogens (tertiary/aromatic N) is 1. The van der Waals surface area contributed by atoms with Crippen LogP contribution in [0.2, 0.25) is 0 Å². The van der Waals surface area contributed by atoms with Crippen LogP contribution in [0.4, 0.5) is 0 Å². The van der Waals surface area contributed by atoms with Gasteiger partial charge in [-0.15, -0.1) is 0 Å². The molecule has 98 valence electrons. The fraction of sp³-hybridized carbons (Fsp3) is 0.727. The van der Waals surface area contributed by atoms with Crippen LogP contribution in [0.3, 0.4) is 0 Å². The maximum atomic E-state index is 11.3. The Kier molecular flexibility index (Phi) is 8.72. The lowest BCUT2D eigenvalue weighted by Gasteiger charge is -2.05. The van der Waals surface area contributed by atoms with Crippen molar-refractivity contribution in [3.8, 4) is 0 Å². The lowest BCUT2D eigenvalue weighted by Crippen LogP contribution is -2.28. The molecule has 0 aliphatic carbocycles. The van der Waals surface area contributed by atoms with E-state index in [1.54, 1.807) is 0 Å². The number of carbonyl (C=O) groups is 2. The Morgan fingerprint density at radius 3 is 1.71 bits per heavy atom. The zero-order valence-electron chi connectivity index (χ0n) is 10.3. The van der Waals surface area contributed by atoms with Gasteiger partial charge in [0.15, 0.2) is 0 Å². The Balaban J connectivity index is 4.12. The number of esters is 2. The van der Waals surface area contributed by atoms with Gasteiger partial charge in [0, 0.05) is 0 Å². The summed E-state index contributed by atoms with van der Waals surface area (Å²) in [6.07, 6.45) is 3.10. The van der Waals surface area contributed by atoms with Crippen molar-refractivity contribution in [2.24, 2.45) is 5.16 Å². The van der Waals surface area contributed by atoms with Gasteiger partial charge in [0.2, 0.25) is 0 Å². The first-order valence-corrected chi connectivity index (χ1v) is 5.73. The molecule has 0 rings (SSSR count). The maximum absolute atomic E-state index is 11.3. The van der Waals surface area contributed by atoms with Crippen LogP contribution in [0.1, 0.15) is 39.5 Å². The molecule has 0 heterocycles. The van der Waals surface area contributed by atoms with E-state index in [9.17, 15) is 9.59 Å². The Hall–Kier alpha value is -1.59. The van der Waals surface area contributed by atoms with Gasteiger partial charge < -0.3 is 14.7 Å². The number of ether oxygens (including phenoxy) is 2. The molecule has 0 spiro atoms. The third kappa shape index (κ3) is 6.55. The molecule has 17 heavy (non-hydrogen) atoms. The molecule has 0 aliphatic heterocycles. The third-order valence-electron chi connectivity index (χ3n) is 1.95. The first-order valence-electron chi connectivity index (χ1n) is 5.73. The van der Waals surface area contributed by atoms with E-state index in [0.29, 0.717) is 12.8 Å². The fourth-order valence-corrected chi connectivity index (χ4v) is 0.920. The number of rotatable bonds is 8. The van der Waals surface area contributed by atoms with E-state index < -0.39 is 17.7 Å². The summed E-state index contributed by atoms with van der Waals surface area (Å²) < 4.78 is 9.46. The second-order valence-electron chi connectivity index (χ2n) is 3.43. The van der Waals surface area contributed by atoms with Crippen molar-refractivity contribution in [3.05, 3.63) is 0 Å². The van der Waals surface area contributed by atoms with Crippen LogP contribution in [0.15, 0.2) is 5.16 Å². The number of oxime groups is 1. The second-order valence-corrected chi connectivity index (χ2v) is 3.43. The Bertz CT molecular complexity index is 251. The zero-order valence-corrected chi connectivity index (χ0v) is 10.3. The highest BCUT2D eigenvalue weighted by molar-refractivity contribution is 6.62. The van der Waals surface area contributed by atoms with Crippen LogP contribution in [-0.4, -0.2) is 36.1 Å². The third-order valence-corrected chi connectivity index (χ3v) is 1.95. The summed E-state index contributed by atoms with van der Waals surface area (Å²) >= 11 is 0. The molecule has 0 aromatic heterocycles. The quantitative estimate of drug-likeness (QED) is 0.175. The van der Waals surface area contributed by atoms with Gasteiger partial charge in [-0.2, -0.15) is 0 Å².